The number of nitro benzene ring substituents is 1. The van der Waals surface area contributed by atoms with Gasteiger partial charge in [0.05, 0.1) is 21.7 Å². The van der Waals surface area contributed by atoms with Gasteiger partial charge in [-0.2, -0.15) is 0 Å². The Morgan fingerprint density at radius 2 is 2.04 bits per heavy atom. The third kappa shape index (κ3) is 2.46. The predicted molar refractivity (Wildman–Crippen MR) is 95.9 cm³/mol. The fourth-order valence-electron chi connectivity index (χ4n) is 3.78. The number of allylic oxidation sites excluding steroid dienone is 2. The Morgan fingerprint density at radius 1 is 1.21 bits per heavy atom. The minimum Gasteiger partial charge on any atom is -0.376 e. The second kappa shape index (κ2) is 5.80. The number of rotatable bonds is 2. The minimum atomic E-state index is -0.364. The van der Waals surface area contributed by atoms with Crippen LogP contribution < -0.4 is 5.32 Å². The van der Waals surface area contributed by atoms with E-state index in [1.807, 2.05) is 12.1 Å². The number of anilines is 1. The van der Waals surface area contributed by atoms with E-state index in [0.29, 0.717) is 10.0 Å². The molecule has 2 aliphatic rings. The Hall–Kier alpha value is -2.04. The molecule has 2 aromatic rings. The summed E-state index contributed by atoms with van der Waals surface area (Å²) in [5, 5.41) is 15.8. The fourth-order valence-corrected chi connectivity index (χ4v) is 4.35. The highest BCUT2D eigenvalue weighted by Gasteiger charge is 2.39. The zero-order chi connectivity index (χ0) is 16.8. The number of fused-ring (bicyclic) bond motifs is 3. The van der Waals surface area contributed by atoms with Crippen molar-refractivity contribution in [2.45, 2.75) is 18.4 Å². The number of nitrogens with zero attached hydrogens (tertiary/aromatic N) is 1. The third-order valence-electron chi connectivity index (χ3n) is 4.83. The highest BCUT2D eigenvalue weighted by Crippen LogP contribution is 2.52. The van der Waals surface area contributed by atoms with E-state index in [2.05, 4.69) is 17.5 Å². The lowest BCUT2D eigenvalue weighted by Gasteiger charge is -2.38. The average molecular weight is 361 g/mol. The largest absolute Gasteiger partial charge is 0.376 e. The van der Waals surface area contributed by atoms with Crippen molar-refractivity contribution in [2.75, 3.05) is 5.32 Å². The average Bonchev–Trinajstić information content (AvgIpc) is 3.04. The maximum absolute atomic E-state index is 11.1. The molecule has 1 aliphatic heterocycles. The summed E-state index contributed by atoms with van der Waals surface area (Å²) in [4.78, 5) is 10.7. The number of nitro groups is 1. The van der Waals surface area contributed by atoms with Crippen molar-refractivity contribution < 1.29 is 4.92 Å². The number of nitrogens with one attached hydrogen (secondary N) is 1. The van der Waals surface area contributed by atoms with Crippen LogP contribution >= 0.6 is 23.2 Å². The van der Waals surface area contributed by atoms with Gasteiger partial charge in [0.2, 0.25) is 0 Å². The maximum atomic E-state index is 11.1. The van der Waals surface area contributed by atoms with Crippen LogP contribution in [0.5, 0.6) is 0 Å². The Bertz CT molecular complexity index is 866. The minimum absolute atomic E-state index is 0.0314. The van der Waals surface area contributed by atoms with Crippen LogP contribution in [0.15, 0.2) is 48.6 Å². The lowest BCUT2D eigenvalue weighted by Crippen LogP contribution is -2.29. The molecule has 0 amide bonds. The van der Waals surface area contributed by atoms with Crippen molar-refractivity contribution in [1.29, 1.82) is 0 Å². The second-order valence-electron chi connectivity index (χ2n) is 6.18. The van der Waals surface area contributed by atoms with Crippen molar-refractivity contribution in [3.63, 3.8) is 0 Å². The van der Waals surface area contributed by atoms with Crippen LogP contribution in [0, 0.1) is 16.0 Å². The Morgan fingerprint density at radius 3 is 2.83 bits per heavy atom. The van der Waals surface area contributed by atoms with E-state index >= 15 is 0 Å². The normalized spacial score (nSPS) is 24.2. The molecule has 0 bridgehead atoms. The maximum Gasteiger partial charge on any atom is 0.269 e. The summed E-state index contributed by atoms with van der Waals surface area (Å²) in [6, 6.07) is 10.4. The molecule has 6 heteroatoms. The van der Waals surface area contributed by atoms with Gasteiger partial charge in [0, 0.05) is 23.1 Å². The molecule has 4 rings (SSSR count). The topological polar surface area (TPSA) is 55.2 Å². The molecule has 0 radical (unpaired) electrons. The van der Waals surface area contributed by atoms with E-state index < -0.39 is 0 Å². The van der Waals surface area contributed by atoms with Gasteiger partial charge in [-0.3, -0.25) is 10.1 Å². The highest BCUT2D eigenvalue weighted by molar-refractivity contribution is 6.36. The molecule has 0 spiro atoms. The van der Waals surface area contributed by atoms with E-state index in [1.165, 1.54) is 6.07 Å². The standard InChI is InChI=1S/C18H14Cl2N2O2/c19-11-8-15-13-5-2-6-14(13)17(21-18(15)16(20)9-11)10-3-1-4-12(7-10)22(23)24/h1-5,7-9,13-14,17,21H,6H2/t13-,14+,17+/m1/s1. The molecule has 0 fully saturated rings. The SMILES string of the molecule is O=[N+]([O-])c1cccc([C@@H]2Nc3c(Cl)cc(Cl)cc3[C@@H]3C=CC[C@@H]32)c1. The van der Waals surface area contributed by atoms with Gasteiger partial charge in [-0.05, 0) is 35.6 Å². The van der Waals surface area contributed by atoms with Crippen LogP contribution in [0.3, 0.4) is 0 Å². The monoisotopic (exact) mass is 360 g/mol. The van der Waals surface area contributed by atoms with Gasteiger partial charge >= 0.3 is 0 Å². The van der Waals surface area contributed by atoms with Gasteiger partial charge in [0.15, 0.2) is 0 Å². The molecular weight excluding hydrogens is 347 g/mol. The lowest BCUT2D eigenvalue weighted by molar-refractivity contribution is -0.384. The zero-order valence-corrected chi connectivity index (χ0v) is 14.1. The van der Waals surface area contributed by atoms with Crippen LogP contribution in [0.1, 0.15) is 29.5 Å². The van der Waals surface area contributed by atoms with Gasteiger partial charge in [-0.25, -0.2) is 0 Å². The molecule has 1 aliphatic carbocycles. The molecule has 24 heavy (non-hydrogen) atoms. The second-order valence-corrected chi connectivity index (χ2v) is 7.02. The molecule has 0 aromatic heterocycles. The zero-order valence-electron chi connectivity index (χ0n) is 12.6. The molecule has 3 atom stereocenters. The van der Waals surface area contributed by atoms with Crippen LogP contribution in [0.4, 0.5) is 11.4 Å². The summed E-state index contributed by atoms with van der Waals surface area (Å²) in [5.41, 5.74) is 2.96. The van der Waals surface area contributed by atoms with E-state index in [0.717, 1.165) is 23.2 Å². The van der Waals surface area contributed by atoms with Crippen molar-refractivity contribution in [1.82, 2.24) is 0 Å². The third-order valence-corrected chi connectivity index (χ3v) is 5.34. The number of non-ortho nitro benzene ring substituents is 1. The number of benzene rings is 2. The van der Waals surface area contributed by atoms with Crippen molar-refractivity contribution in [3.05, 3.63) is 79.8 Å². The quantitative estimate of drug-likeness (QED) is 0.422. The molecule has 1 heterocycles. The summed E-state index contributed by atoms with van der Waals surface area (Å²) < 4.78 is 0. The molecule has 122 valence electrons. The molecule has 0 unspecified atom stereocenters. The van der Waals surface area contributed by atoms with E-state index in [4.69, 9.17) is 23.2 Å². The number of halogens is 2. The first-order chi connectivity index (χ1) is 11.5. The van der Waals surface area contributed by atoms with Gasteiger partial charge < -0.3 is 5.32 Å². The first-order valence-electron chi connectivity index (χ1n) is 7.71. The van der Waals surface area contributed by atoms with Crippen molar-refractivity contribution >= 4 is 34.6 Å². The molecule has 0 saturated heterocycles. The van der Waals surface area contributed by atoms with Gasteiger partial charge in [-0.1, -0.05) is 47.5 Å². The Labute approximate surface area is 149 Å². The number of hydrogen-bond acceptors (Lipinski definition) is 3. The Kier molecular flexibility index (Phi) is 3.74. The molecule has 1 N–H and O–H groups in total. The van der Waals surface area contributed by atoms with E-state index in [1.54, 1.807) is 18.2 Å². The van der Waals surface area contributed by atoms with Gasteiger partial charge in [0.1, 0.15) is 0 Å². The molecule has 0 saturated carbocycles. The van der Waals surface area contributed by atoms with E-state index in [9.17, 15) is 10.1 Å². The summed E-state index contributed by atoms with van der Waals surface area (Å²) in [5.74, 6) is 0.496. The first-order valence-corrected chi connectivity index (χ1v) is 8.46. The van der Waals surface area contributed by atoms with Gasteiger partial charge in [-0.15, -0.1) is 0 Å². The summed E-state index contributed by atoms with van der Waals surface area (Å²) in [6.45, 7) is 0. The highest BCUT2D eigenvalue weighted by atomic mass is 35.5. The summed E-state index contributed by atoms with van der Waals surface area (Å²) in [7, 11) is 0. The van der Waals surface area contributed by atoms with Crippen LogP contribution in [0.25, 0.3) is 0 Å². The van der Waals surface area contributed by atoms with Crippen LogP contribution in [-0.2, 0) is 0 Å². The summed E-state index contributed by atoms with van der Waals surface area (Å²) >= 11 is 12.6. The number of hydrogen-bond donors (Lipinski definition) is 1. The van der Waals surface area contributed by atoms with Crippen LogP contribution in [0.2, 0.25) is 10.0 Å². The molecule has 4 nitrogen and oxygen atoms in total. The molecule has 2 aromatic carbocycles. The Balaban J connectivity index is 1.81. The summed E-state index contributed by atoms with van der Waals surface area (Å²) in [6.07, 6.45) is 5.25. The van der Waals surface area contributed by atoms with Gasteiger partial charge in [0.25, 0.3) is 5.69 Å². The fraction of sp³-hybridized carbons (Fsp3) is 0.222. The van der Waals surface area contributed by atoms with Crippen molar-refractivity contribution in [2.24, 2.45) is 5.92 Å². The van der Waals surface area contributed by atoms with Crippen LogP contribution in [-0.4, -0.2) is 4.92 Å². The predicted octanol–water partition coefficient (Wildman–Crippen LogP) is 5.73. The molecular formula is C18H14Cl2N2O2. The van der Waals surface area contributed by atoms with Crippen molar-refractivity contribution in [3.8, 4) is 0 Å². The first kappa shape index (κ1) is 15.5. The smallest absolute Gasteiger partial charge is 0.269 e. The van der Waals surface area contributed by atoms with E-state index in [-0.39, 0.29) is 28.5 Å². The lowest BCUT2D eigenvalue weighted by atomic mass is 9.77.